The lowest BCUT2D eigenvalue weighted by Gasteiger charge is -2.16. The van der Waals surface area contributed by atoms with Gasteiger partial charge >= 0.3 is 0 Å². The van der Waals surface area contributed by atoms with Crippen LogP contribution in [0.5, 0.6) is 5.75 Å². The maximum absolute atomic E-state index is 5.93. The summed E-state index contributed by atoms with van der Waals surface area (Å²) in [5, 5.41) is 0. The molecule has 1 aromatic carbocycles. The lowest BCUT2D eigenvalue weighted by molar-refractivity contribution is 0.0262. The Bertz CT molecular complexity index is 394. The SMILES string of the molecule is Cc1cc(CCl)cc(C)c1OCC1CCC(C)O1. The van der Waals surface area contributed by atoms with Crippen LogP contribution in [0.4, 0.5) is 0 Å². The van der Waals surface area contributed by atoms with Gasteiger partial charge in [-0.3, -0.25) is 0 Å². The Morgan fingerprint density at radius 2 is 1.94 bits per heavy atom. The van der Waals surface area contributed by atoms with Gasteiger partial charge in [0.15, 0.2) is 0 Å². The lowest BCUT2D eigenvalue weighted by Crippen LogP contribution is -2.18. The average Bonchev–Trinajstić information content (AvgIpc) is 2.73. The number of alkyl halides is 1. The molecule has 3 heteroatoms. The van der Waals surface area contributed by atoms with E-state index in [4.69, 9.17) is 21.1 Å². The molecule has 0 amide bonds. The topological polar surface area (TPSA) is 18.5 Å². The number of hydrogen-bond donors (Lipinski definition) is 0. The monoisotopic (exact) mass is 268 g/mol. The molecule has 2 rings (SSSR count). The number of benzene rings is 1. The first-order chi connectivity index (χ1) is 8.60. The molecule has 1 aliphatic heterocycles. The Balaban J connectivity index is 2.01. The summed E-state index contributed by atoms with van der Waals surface area (Å²) in [5.41, 5.74) is 3.44. The molecule has 100 valence electrons. The van der Waals surface area contributed by atoms with Gasteiger partial charge in [0.25, 0.3) is 0 Å². The van der Waals surface area contributed by atoms with Crippen LogP contribution in [0.25, 0.3) is 0 Å². The highest BCUT2D eigenvalue weighted by Crippen LogP contribution is 2.27. The van der Waals surface area contributed by atoms with Gasteiger partial charge in [-0.1, -0.05) is 12.1 Å². The van der Waals surface area contributed by atoms with Crippen LogP contribution in [0.1, 0.15) is 36.5 Å². The van der Waals surface area contributed by atoms with Gasteiger partial charge in [0.2, 0.25) is 0 Å². The molecular formula is C15H21ClO2. The largest absolute Gasteiger partial charge is 0.490 e. The fraction of sp³-hybridized carbons (Fsp3) is 0.600. The Labute approximate surface area is 114 Å². The molecule has 0 spiro atoms. The maximum Gasteiger partial charge on any atom is 0.125 e. The highest BCUT2D eigenvalue weighted by molar-refractivity contribution is 6.17. The smallest absolute Gasteiger partial charge is 0.125 e. The number of halogens is 1. The summed E-state index contributed by atoms with van der Waals surface area (Å²) in [5.74, 6) is 1.53. The van der Waals surface area contributed by atoms with Gasteiger partial charge in [0.1, 0.15) is 12.4 Å². The summed E-state index contributed by atoms with van der Waals surface area (Å²) < 4.78 is 11.7. The molecule has 0 aliphatic carbocycles. The third-order valence-electron chi connectivity index (χ3n) is 3.41. The van der Waals surface area contributed by atoms with Crippen LogP contribution in [-0.4, -0.2) is 18.8 Å². The predicted molar refractivity (Wildman–Crippen MR) is 74.5 cm³/mol. The maximum atomic E-state index is 5.93. The molecule has 0 N–H and O–H groups in total. The van der Waals surface area contributed by atoms with E-state index in [1.807, 2.05) is 0 Å². The summed E-state index contributed by atoms with van der Waals surface area (Å²) in [6.45, 7) is 6.89. The van der Waals surface area contributed by atoms with E-state index in [9.17, 15) is 0 Å². The Morgan fingerprint density at radius 3 is 2.44 bits per heavy atom. The van der Waals surface area contributed by atoms with Gasteiger partial charge in [0, 0.05) is 5.88 Å². The summed E-state index contributed by atoms with van der Waals surface area (Å²) in [6, 6.07) is 4.18. The van der Waals surface area contributed by atoms with E-state index in [2.05, 4.69) is 32.9 Å². The van der Waals surface area contributed by atoms with Crippen LogP contribution < -0.4 is 4.74 Å². The van der Waals surface area contributed by atoms with E-state index in [1.54, 1.807) is 0 Å². The summed E-state index contributed by atoms with van der Waals surface area (Å²) in [6.07, 6.45) is 2.85. The highest BCUT2D eigenvalue weighted by atomic mass is 35.5. The van der Waals surface area contributed by atoms with E-state index in [0.717, 1.165) is 35.3 Å². The first-order valence-corrected chi connectivity index (χ1v) is 7.08. The zero-order chi connectivity index (χ0) is 13.1. The van der Waals surface area contributed by atoms with Crippen molar-refractivity contribution in [2.45, 2.75) is 51.7 Å². The zero-order valence-corrected chi connectivity index (χ0v) is 12.1. The Morgan fingerprint density at radius 1 is 1.28 bits per heavy atom. The molecule has 2 nitrogen and oxygen atoms in total. The average molecular weight is 269 g/mol. The molecule has 0 aromatic heterocycles. The molecule has 2 atom stereocenters. The van der Waals surface area contributed by atoms with Gasteiger partial charge in [0.05, 0.1) is 12.2 Å². The van der Waals surface area contributed by atoms with Crippen LogP contribution in [0.2, 0.25) is 0 Å². The van der Waals surface area contributed by atoms with E-state index >= 15 is 0 Å². The van der Waals surface area contributed by atoms with E-state index in [-0.39, 0.29) is 6.10 Å². The van der Waals surface area contributed by atoms with Gasteiger partial charge in [-0.25, -0.2) is 0 Å². The first-order valence-electron chi connectivity index (χ1n) is 6.54. The summed E-state index contributed by atoms with van der Waals surface area (Å²) >= 11 is 5.86. The molecule has 1 aromatic rings. The summed E-state index contributed by atoms with van der Waals surface area (Å²) in [4.78, 5) is 0. The second-order valence-corrected chi connectivity index (χ2v) is 5.42. The van der Waals surface area contributed by atoms with Crippen molar-refractivity contribution in [1.82, 2.24) is 0 Å². The Kier molecular flexibility index (Phi) is 4.52. The molecule has 1 aliphatic rings. The molecule has 0 bridgehead atoms. The first kappa shape index (κ1) is 13.7. The van der Waals surface area contributed by atoms with E-state index < -0.39 is 0 Å². The number of aryl methyl sites for hydroxylation is 2. The highest BCUT2D eigenvalue weighted by Gasteiger charge is 2.22. The third-order valence-corrected chi connectivity index (χ3v) is 3.72. The molecule has 1 saturated heterocycles. The van der Waals surface area contributed by atoms with E-state index in [1.165, 1.54) is 0 Å². The quantitative estimate of drug-likeness (QED) is 0.769. The predicted octanol–water partition coefficient (Wildman–Crippen LogP) is 3.99. The second-order valence-electron chi connectivity index (χ2n) is 5.15. The van der Waals surface area contributed by atoms with Crippen LogP contribution in [0.15, 0.2) is 12.1 Å². The van der Waals surface area contributed by atoms with Gasteiger partial charge in [-0.15, -0.1) is 11.6 Å². The van der Waals surface area contributed by atoms with Crippen molar-refractivity contribution in [3.8, 4) is 5.75 Å². The minimum atomic E-state index is 0.242. The van der Waals surface area contributed by atoms with Crippen molar-refractivity contribution < 1.29 is 9.47 Å². The fourth-order valence-electron chi connectivity index (χ4n) is 2.53. The standard InChI is InChI=1S/C15H21ClO2/c1-10-6-13(8-16)7-11(2)15(10)17-9-14-5-4-12(3)18-14/h6-7,12,14H,4-5,8-9H2,1-3H3. The van der Waals surface area contributed by atoms with Crippen LogP contribution in [0.3, 0.4) is 0 Å². The zero-order valence-electron chi connectivity index (χ0n) is 11.3. The Hall–Kier alpha value is -0.730. The molecule has 2 unspecified atom stereocenters. The second kappa shape index (κ2) is 5.94. The van der Waals surface area contributed by atoms with E-state index in [0.29, 0.717) is 18.6 Å². The molecule has 18 heavy (non-hydrogen) atoms. The van der Waals surface area contributed by atoms with Crippen molar-refractivity contribution >= 4 is 11.6 Å². The number of rotatable bonds is 4. The normalized spacial score (nSPS) is 23.3. The van der Waals surface area contributed by atoms with Gasteiger partial charge < -0.3 is 9.47 Å². The van der Waals surface area contributed by atoms with Crippen molar-refractivity contribution in [2.75, 3.05) is 6.61 Å². The molecular weight excluding hydrogens is 248 g/mol. The summed E-state index contributed by atoms with van der Waals surface area (Å²) in [7, 11) is 0. The third kappa shape index (κ3) is 3.18. The number of hydrogen-bond acceptors (Lipinski definition) is 2. The minimum absolute atomic E-state index is 0.242. The fourth-order valence-corrected chi connectivity index (χ4v) is 2.68. The van der Waals surface area contributed by atoms with Crippen molar-refractivity contribution in [3.63, 3.8) is 0 Å². The van der Waals surface area contributed by atoms with Crippen molar-refractivity contribution in [1.29, 1.82) is 0 Å². The number of ether oxygens (including phenoxy) is 2. The van der Waals surface area contributed by atoms with Crippen LogP contribution in [0, 0.1) is 13.8 Å². The van der Waals surface area contributed by atoms with Gasteiger partial charge in [-0.2, -0.15) is 0 Å². The van der Waals surface area contributed by atoms with Gasteiger partial charge in [-0.05, 0) is 50.3 Å². The van der Waals surface area contributed by atoms with Crippen molar-refractivity contribution in [3.05, 3.63) is 28.8 Å². The van der Waals surface area contributed by atoms with Crippen LogP contribution in [-0.2, 0) is 10.6 Å². The lowest BCUT2D eigenvalue weighted by atomic mass is 10.1. The molecule has 0 radical (unpaired) electrons. The van der Waals surface area contributed by atoms with Crippen molar-refractivity contribution in [2.24, 2.45) is 0 Å². The van der Waals surface area contributed by atoms with Crippen LogP contribution >= 0.6 is 11.6 Å². The molecule has 1 fully saturated rings. The molecule has 0 saturated carbocycles. The minimum Gasteiger partial charge on any atom is -0.490 e. The molecule has 1 heterocycles.